The van der Waals surface area contributed by atoms with Gasteiger partial charge in [-0.15, -0.1) is 0 Å². The van der Waals surface area contributed by atoms with Crippen LogP contribution < -0.4 is 27.4 Å². The monoisotopic (exact) mass is 525 g/mol. The predicted octanol–water partition coefficient (Wildman–Crippen LogP) is -0.0941. The zero-order valence-corrected chi connectivity index (χ0v) is 21.7. The number of unbranched alkanes of at least 4 members (excludes halogenated alkanes) is 1. The van der Waals surface area contributed by atoms with Crippen molar-refractivity contribution in [3.05, 3.63) is 29.8 Å². The van der Waals surface area contributed by atoms with Crippen molar-refractivity contribution in [3.63, 3.8) is 0 Å². The molecule has 0 saturated heterocycles. The topological polar surface area (TPSA) is 197 Å². The maximum atomic E-state index is 13.1. The van der Waals surface area contributed by atoms with Gasteiger partial charge in [0.1, 0.15) is 23.9 Å². The van der Waals surface area contributed by atoms with Crippen LogP contribution >= 0.6 is 12.6 Å². The van der Waals surface area contributed by atoms with Crippen molar-refractivity contribution in [2.75, 3.05) is 12.3 Å². The number of carboxylic acids is 1. The van der Waals surface area contributed by atoms with Gasteiger partial charge in [-0.1, -0.05) is 32.4 Å². The Bertz CT molecular complexity index is 869. The highest BCUT2D eigenvalue weighted by molar-refractivity contribution is 7.80. The SMILES string of the molecule is CCC(C)C(NC(=O)C(CCCCN)NC(=O)C(N)CS)C(=O)NC(Cc1ccc(O)cc1)C(=O)O. The van der Waals surface area contributed by atoms with Crippen molar-refractivity contribution < 1.29 is 29.4 Å². The van der Waals surface area contributed by atoms with Gasteiger partial charge in [0.05, 0.1) is 6.04 Å². The standard InChI is InChI=1S/C24H39N5O6S/c1-3-14(2)20(23(33)28-19(24(34)35)12-15-7-9-16(30)10-8-15)29-22(32)18(6-4-5-11-25)27-21(31)17(26)13-36/h7-10,14,17-20,30,36H,3-6,11-13,25-26H2,1-2H3,(H,27,31)(H,28,33)(H,29,32)(H,34,35). The van der Waals surface area contributed by atoms with E-state index in [1.165, 1.54) is 12.1 Å². The first-order chi connectivity index (χ1) is 17.0. The summed E-state index contributed by atoms with van der Waals surface area (Å²) >= 11 is 4.01. The predicted molar refractivity (Wildman–Crippen MR) is 139 cm³/mol. The molecule has 11 nitrogen and oxygen atoms in total. The normalized spacial score (nSPS) is 15.1. The van der Waals surface area contributed by atoms with Crippen molar-refractivity contribution in [3.8, 4) is 5.75 Å². The van der Waals surface area contributed by atoms with Gasteiger partial charge in [0, 0.05) is 12.2 Å². The number of rotatable bonds is 16. The fraction of sp³-hybridized carbons (Fsp3) is 0.583. The third-order valence-electron chi connectivity index (χ3n) is 5.90. The van der Waals surface area contributed by atoms with Gasteiger partial charge in [-0.05, 0) is 49.4 Å². The van der Waals surface area contributed by atoms with Gasteiger partial charge in [0.2, 0.25) is 17.7 Å². The van der Waals surface area contributed by atoms with Crippen LogP contribution in [0.15, 0.2) is 24.3 Å². The average molecular weight is 526 g/mol. The minimum Gasteiger partial charge on any atom is -0.508 e. The molecule has 0 spiro atoms. The van der Waals surface area contributed by atoms with Crippen molar-refractivity contribution in [1.29, 1.82) is 0 Å². The van der Waals surface area contributed by atoms with Gasteiger partial charge in [0.15, 0.2) is 0 Å². The molecule has 5 atom stereocenters. The summed E-state index contributed by atoms with van der Waals surface area (Å²) in [7, 11) is 0. The number of hydrogen-bond donors (Lipinski definition) is 8. The molecule has 36 heavy (non-hydrogen) atoms. The number of phenolic OH excluding ortho intramolecular Hbond substituents is 1. The Hall–Kier alpha value is -2.83. The fourth-order valence-electron chi connectivity index (χ4n) is 3.41. The molecule has 1 rings (SSSR count). The van der Waals surface area contributed by atoms with E-state index in [9.17, 15) is 29.4 Å². The summed E-state index contributed by atoms with van der Waals surface area (Å²) in [5, 5.41) is 26.9. The summed E-state index contributed by atoms with van der Waals surface area (Å²) in [6.07, 6.45) is 2.02. The first-order valence-corrected chi connectivity index (χ1v) is 12.7. The Kier molecular flexibility index (Phi) is 13.9. The molecule has 1 aromatic carbocycles. The number of thiol groups is 1. The number of aliphatic carboxylic acids is 1. The van der Waals surface area contributed by atoms with Gasteiger partial charge < -0.3 is 37.6 Å². The highest BCUT2D eigenvalue weighted by Gasteiger charge is 2.32. The number of nitrogens with two attached hydrogens (primary N) is 2. The van der Waals surface area contributed by atoms with Crippen molar-refractivity contribution >= 4 is 36.3 Å². The number of hydrogen-bond acceptors (Lipinski definition) is 8. The zero-order chi connectivity index (χ0) is 27.3. The molecule has 0 aliphatic carbocycles. The van der Waals surface area contributed by atoms with E-state index in [1.807, 2.05) is 6.92 Å². The van der Waals surface area contributed by atoms with Crippen LogP contribution in [-0.4, -0.2) is 70.4 Å². The summed E-state index contributed by atoms with van der Waals surface area (Å²) in [6.45, 7) is 4.03. The minimum absolute atomic E-state index is 0.0120. The van der Waals surface area contributed by atoms with Crippen LogP contribution in [0.5, 0.6) is 5.75 Å². The number of carboxylic acid groups (broad SMARTS) is 1. The number of nitrogens with one attached hydrogen (secondary N) is 3. The van der Waals surface area contributed by atoms with Crippen molar-refractivity contribution in [2.45, 2.75) is 70.1 Å². The largest absolute Gasteiger partial charge is 0.508 e. The van der Waals surface area contributed by atoms with Crippen LogP contribution in [0, 0.1) is 5.92 Å². The van der Waals surface area contributed by atoms with Crippen LogP contribution in [-0.2, 0) is 25.6 Å². The first kappa shape index (κ1) is 31.2. The van der Waals surface area contributed by atoms with Crippen molar-refractivity contribution in [2.24, 2.45) is 17.4 Å². The molecule has 202 valence electrons. The van der Waals surface area contributed by atoms with E-state index in [4.69, 9.17) is 11.5 Å². The minimum atomic E-state index is -1.25. The Labute approximate surface area is 217 Å². The Morgan fingerprint density at radius 1 is 0.972 bits per heavy atom. The second-order valence-corrected chi connectivity index (χ2v) is 9.14. The van der Waals surface area contributed by atoms with Gasteiger partial charge >= 0.3 is 5.97 Å². The van der Waals surface area contributed by atoms with Gasteiger partial charge in [0.25, 0.3) is 0 Å². The third-order valence-corrected chi connectivity index (χ3v) is 6.29. The molecule has 3 amide bonds. The quantitative estimate of drug-likeness (QED) is 0.108. The molecule has 5 unspecified atom stereocenters. The average Bonchev–Trinajstić information content (AvgIpc) is 2.86. The van der Waals surface area contributed by atoms with E-state index < -0.39 is 47.9 Å². The smallest absolute Gasteiger partial charge is 0.326 e. The maximum absolute atomic E-state index is 13.1. The highest BCUT2D eigenvalue weighted by Crippen LogP contribution is 2.13. The number of benzene rings is 1. The lowest BCUT2D eigenvalue weighted by Gasteiger charge is -2.28. The van der Waals surface area contributed by atoms with Crippen molar-refractivity contribution in [1.82, 2.24) is 16.0 Å². The second-order valence-electron chi connectivity index (χ2n) is 8.78. The van der Waals surface area contributed by atoms with Gasteiger partial charge in [-0.2, -0.15) is 12.6 Å². The van der Waals surface area contributed by atoms with E-state index in [0.29, 0.717) is 37.8 Å². The van der Waals surface area contributed by atoms with Gasteiger partial charge in [-0.3, -0.25) is 14.4 Å². The number of carbonyl (C=O) groups excluding carboxylic acids is 3. The summed E-state index contributed by atoms with van der Waals surface area (Å²) in [4.78, 5) is 50.4. The fourth-order valence-corrected chi connectivity index (χ4v) is 3.57. The summed E-state index contributed by atoms with van der Waals surface area (Å²) < 4.78 is 0. The second kappa shape index (κ2) is 16.0. The molecular formula is C24H39N5O6S. The molecule has 0 aromatic heterocycles. The molecule has 9 N–H and O–H groups in total. The molecule has 12 heteroatoms. The van der Waals surface area contributed by atoms with Crippen LogP contribution in [0.2, 0.25) is 0 Å². The molecular weight excluding hydrogens is 486 g/mol. The van der Waals surface area contributed by atoms with Crippen LogP contribution in [0.1, 0.15) is 45.1 Å². The van der Waals surface area contributed by atoms with E-state index in [0.717, 1.165) is 0 Å². The summed E-state index contributed by atoms with van der Waals surface area (Å²) in [6, 6.07) is 1.86. The van der Waals surface area contributed by atoms with Gasteiger partial charge in [-0.25, -0.2) is 4.79 Å². The lowest BCUT2D eigenvalue weighted by Crippen LogP contribution is -2.59. The number of amides is 3. The summed E-state index contributed by atoms with van der Waals surface area (Å²) in [5.41, 5.74) is 11.9. The molecule has 0 saturated carbocycles. The third kappa shape index (κ3) is 10.4. The van der Waals surface area contributed by atoms with E-state index in [2.05, 4.69) is 28.6 Å². The highest BCUT2D eigenvalue weighted by atomic mass is 32.1. The zero-order valence-electron chi connectivity index (χ0n) is 20.8. The molecule has 0 radical (unpaired) electrons. The number of carbonyl (C=O) groups is 4. The molecule has 1 aromatic rings. The van der Waals surface area contributed by atoms with E-state index in [1.54, 1.807) is 19.1 Å². The lowest BCUT2D eigenvalue weighted by molar-refractivity contribution is -0.142. The molecule has 0 bridgehead atoms. The lowest BCUT2D eigenvalue weighted by atomic mass is 9.96. The molecule has 0 aliphatic heterocycles. The first-order valence-electron chi connectivity index (χ1n) is 12.0. The maximum Gasteiger partial charge on any atom is 0.326 e. The molecule has 0 aliphatic rings. The molecule has 0 heterocycles. The Morgan fingerprint density at radius 2 is 1.58 bits per heavy atom. The number of aromatic hydroxyl groups is 1. The van der Waals surface area contributed by atoms with E-state index in [-0.39, 0.29) is 23.8 Å². The van der Waals surface area contributed by atoms with E-state index >= 15 is 0 Å². The van der Waals surface area contributed by atoms with Crippen LogP contribution in [0.25, 0.3) is 0 Å². The Balaban J connectivity index is 3.02. The van der Waals surface area contributed by atoms with Crippen LogP contribution in [0.3, 0.4) is 0 Å². The number of phenols is 1. The van der Waals surface area contributed by atoms with Crippen LogP contribution in [0.4, 0.5) is 0 Å². The summed E-state index contributed by atoms with van der Waals surface area (Å²) in [5.74, 6) is -3.19. The molecule has 0 fully saturated rings. The Morgan fingerprint density at radius 3 is 2.11 bits per heavy atom.